The van der Waals surface area contributed by atoms with Crippen molar-refractivity contribution in [1.29, 1.82) is 0 Å². The molecule has 0 bridgehead atoms. The zero-order valence-electron chi connectivity index (χ0n) is 9.18. The summed E-state index contributed by atoms with van der Waals surface area (Å²) in [7, 11) is 0. The number of anilines is 1. The van der Waals surface area contributed by atoms with Crippen LogP contribution in [0.25, 0.3) is 0 Å². The molecule has 0 aliphatic rings. The molecule has 0 saturated carbocycles. The van der Waals surface area contributed by atoms with Crippen molar-refractivity contribution < 1.29 is 4.39 Å². The van der Waals surface area contributed by atoms with E-state index in [1.165, 1.54) is 12.1 Å². The number of hydrogen-bond acceptors (Lipinski definition) is 1. The maximum absolute atomic E-state index is 13.0. The summed E-state index contributed by atoms with van der Waals surface area (Å²) in [5.74, 6) is -0.241. The van der Waals surface area contributed by atoms with Crippen molar-refractivity contribution in [2.75, 3.05) is 5.32 Å². The molecular weight excluding hydrogens is 429 g/mol. The van der Waals surface area contributed by atoms with Gasteiger partial charge < -0.3 is 5.32 Å². The lowest BCUT2D eigenvalue weighted by atomic mass is 10.2. The molecule has 0 amide bonds. The molecule has 0 atom stereocenters. The second kappa shape index (κ2) is 6.17. The van der Waals surface area contributed by atoms with Gasteiger partial charge in [-0.2, -0.15) is 0 Å². The quantitative estimate of drug-likeness (QED) is 0.647. The fraction of sp³-hybridized carbons (Fsp3) is 0.0769. The van der Waals surface area contributed by atoms with Crippen LogP contribution in [0.15, 0.2) is 49.8 Å². The van der Waals surface area contributed by atoms with E-state index in [9.17, 15) is 4.39 Å². The highest BCUT2D eigenvalue weighted by atomic mass is 79.9. The lowest BCUT2D eigenvalue weighted by Gasteiger charge is -2.10. The van der Waals surface area contributed by atoms with Gasteiger partial charge >= 0.3 is 0 Å². The van der Waals surface area contributed by atoms with E-state index in [4.69, 9.17) is 0 Å². The van der Waals surface area contributed by atoms with Gasteiger partial charge in [0.05, 0.1) is 0 Å². The van der Waals surface area contributed by atoms with E-state index in [-0.39, 0.29) is 5.82 Å². The van der Waals surface area contributed by atoms with E-state index in [2.05, 4.69) is 53.1 Å². The van der Waals surface area contributed by atoms with Gasteiger partial charge in [0, 0.05) is 25.7 Å². The van der Waals surface area contributed by atoms with Crippen molar-refractivity contribution >= 4 is 53.5 Å². The largest absolute Gasteiger partial charge is 0.380 e. The van der Waals surface area contributed by atoms with Gasteiger partial charge in [0.25, 0.3) is 0 Å². The molecule has 0 unspecified atom stereocenters. The van der Waals surface area contributed by atoms with Gasteiger partial charge in [-0.05, 0) is 51.8 Å². The summed E-state index contributed by atoms with van der Waals surface area (Å²) >= 11 is 10.3. The van der Waals surface area contributed by atoms with Gasteiger partial charge in [0.2, 0.25) is 0 Å². The first-order valence-electron chi connectivity index (χ1n) is 5.19. The summed E-state index contributed by atoms with van der Waals surface area (Å²) in [4.78, 5) is 0. The van der Waals surface area contributed by atoms with Crippen LogP contribution < -0.4 is 5.32 Å². The Morgan fingerprint density at radius 1 is 0.944 bits per heavy atom. The Kier molecular flexibility index (Phi) is 4.81. The third-order valence-corrected chi connectivity index (χ3v) is 4.34. The van der Waals surface area contributed by atoms with Gasteiger partial charge in [-0.25, -0.2) is 4.39 Å². The first kappa shape index (κ1) is 14.0. The predicted octanol–water partition coefficient (Wildman–Crippen LogP) is 5.73. The Hall–Kier alpha value is -0.390. The number of benzene rings is 2. The van der Waals surface area contributed by atoms with Crippen molar-refractivity contribution in [3.63, 3.8) is 0 Å². The van der Waals surface area contributed by atoms with E-state index in [0.717, 1.165) is 24.7 Å². The van der Waals surface area contributed by atoms with Gasteiger partial charge in [-0.3, -0.25) is 0 Å². The Balaban J connectivity index is 2.13. The van der Waals surface area contributed by atoms with Crippen LogP contribution in [-0.4, -0.2) is 0 Å². The maximum atomic E-state index is 13.0. The van der Waals surface area contributed by atoms with E-state index in [1.54, 1.807) is 6.07 Å². The molecule has 2 rings (SSSR count). The topological polar surface area (TPSA) is 12.0 Å². The molecule has 0 saturated heterocycles. The Morgan fingerprint density at radius 2 is 1.72 bits per heavy atom. The molecule has 5 heteroatoms. The highest BCUT2D eigenvalue weighted by Gasteiger charge is 2.04. The average molecular weight is 438 g/mol. The van der Waals surface area contributed by atoms with E-state index >= 15 is 0 Å². The highest BCUT2D eigenvalue weighted by Crippen LogP contribution is 2.27. The van der Waals surface area contributed by atoms with Gasteiger partial charge in [-0.15, -0.1) is 0 Å². The molecule has 0 aliphatic carbocycles. The van der Waals surface area contributed by atoms with Crippen molar-refractivity contribution in [3.05, 3.63) is 61.2 Å². The normalized spacial score (nSPS) is 10.4. The Bertz CT molecular complexity index is 572. The smallest absolute Gasteiger partial charge is 0.124 e. The molecule has 1 N–H and O–H groups in total. The zero-order valence-corrected chi connectivity index (χ0v) is 13.9. The molecule has 0 radical (unpaired) electrons. The van der Waals surface area contributed by atoms with E-state index < -0.39 is 0 Å². The molecule has 2 aromatic rings. The third-order valence-electron chi connectivity index (χ3n) is 2.41. The monoisotopic (exact) mass is 435 g/mol. The molecule has 2 aromatic carbocycles. The molecule has 0 heterocycles. The summed E-state index contributed by atoms with van der Waals surface area (Å²) in [6.45, 7) is 0.621. The molecule has 0 spiro atoms. The van der Waals surface area contributed by atoms with Crippen molar-refractivity contribution in [3.8, 4) is 0 Å². The van der Waals surface area contributed by atoms with Crippen LogP contribution in [0, 0.1) is 5.82 Å². The second-order valence-electron chi connectivity index (χ2n) is 3.71. The summed E-state index contributed by atoms with van der Waals surface area (Å²) in [6.07, 6.45) is 0. The lowest BCUT2D eigenvalue weighted by molar-refractivity contribution is 0.626. The van der Waals surface area contributed by atoms with Crippen LogP contribution in [-0.2, 0) is 6.54 Å². The number of rotatable bonds is 3. The van der Waals surface area contributed by atoms with Crippen LogP contribution in [0.4, 0.5) is 10.1 Å². The first-order valence-corrected chi connectivity index (χ1v) is 7.57. The minimum atomic E-state index is -0.241. The molecule has 0 aliphatic heterocycles. The van der Waals surface area contributed by atoms with E-state index in [1.807, 2.05) is 18.2 Å². The molecule has 94 valence electrons. The van der Waals surface area contributed by atoms with Gasteiger partial charge in [-0.1, -0.05) is 37.9 Å². The fourth-order valence-corrected chi connectivity index (χ4v) is 2.73. The zero-order chi connectivity index (χ0) is 13.1. The van der Waals surface area contributed by atoms with Crippen molar-refractivity contribution in [1.82, 2.24) is 0 Å². The minimum absolute atomic E-state index is 0.241. The summed E-state index contributed by atoms with van der Waals surface area (Å²) < 4.78 is 15.7. The standard InChI is InChI=1S/C13H9Br3FN/c14-9-2-4-11(15)13(5-9)18-7-8-1-3-10(17)6-12(8)16/h1-6,18H,7H2. The Morgan fingerprint density at radius 3 is 2.44 bits per heavy atom. The minimum Gasteiger partial charge on any atom is -0.380 e. The van der Waals surface area contributed by atoms with Crippen LogP contribution in [0.5, 0.6) is 0 Å². The van der Waals surface area contributed by atoms with Crippen LogP contribution in [0.3, 0.4) is 0 Å². The SMILES string of the molecule is Fc1ccc(CNc2cc(Br)ccc2Br)c(Br)c1. The Labute approximate surface area is 130 Å². The lowest BCUT2D eigenvalue weighted by Crippen LogP contribution is -2.01. The number of halogens is 4. The van der Waals surface area contributed by atoms with E-state index in [0.29, 0.717) is 6.54 Å². The predicted molar refractivity (Wildman–Crippen MR) is 83.3 cm³/mol. The summed E-state index contributed by atoms with van der Waals surface area (Å²) in [6, 6.07) is 10.6. The van der Waals surface area contributed by atoms with Gasteiger partial charge in [0.1, 0.15) is 5.82 Å². The molecule has 0 aromatic heterocycles. The molecule has 18 heavy (non-hydrogen) atoms. The number of nitrogens with one attached hydrogen (secondary N) is 1. The maximum Gasteiger partial charge on any atom is 0.124 e. The van der Waals surface area contributed by atoms with Crippen molar-refractivity contribution in [2.24, 2.45) is 0 Å². The molecule has 1 nitrogen and oxygen atoms in total. The fourth-order valence-electron chi connectivity index (χ4n) is 1.49. The third kappa shape index (κ3) is 3.56. The summed E-state index contributed by atoms with van der Waals surface area (Å²) in [5.41, 5.74) is 1.99. The average Bonchev–Trinajstić information content (AvgIpc) is 2.32. The van der Waals surface area contributed by atoms with Crippen molar-refractivity contribution in [2.45, 2.75) is 6.54 Å². The second-order valence-corrected chi connectivity index (χ2v) is 6.34. The highest BCUT2D eigenvalue weighted by molar-refractivity contribution is 9.11. The van der Waals surface area contributed by atoms with Gasteiger partial charge in [0.15, 0.2) is 0 Å². The van der Waals surface area contributed by atoms with Crippen LogP contribution >= 0.6 is 47.8 Å². The molecular formula is C13H9Br3FN. The molecule has 0 fully saturated rings. The number of hydrogen-bond donors (Lipinski definition) is 1. The van der Waals surface area contributed by atoms with Crippen LogP contribution in [0.2, 0.25) is 0 Å². The first-order chi connectivity index (χ1) is 8.56. The van der Waals surface area contributed by atoms with Crippen LogP contribution in [0.1, 0.15) is 5.56 Å². The summed E-state index contributed by atoms with van der Waals surface area (Å²) in [5, 5.41) is 3.30.